The Bertz CT molecular complexity index is 479. The lowest BCUT2D eigenvalue weighted by Gasteiger charge is -2.36. The highest BCUT2D eigenvalue weighted by Crippen LogP contribution is 2.27. The minimum absolute atomic E-state index is 0.531. The van der Waals surface area contributed by atoms with E-state index in [0.717, 1.165) is 38.4 Å². The van der Waals surface area contributed by atoms with E-state index in [9.17, 15) is 0 Å². The van der Waals surface area contributed by atoms with Gasteiger partial charge >= 0.3 is 0 Å². The first-order valence-corrected chi connectivity index (χ1v) is 6.89. The minimum atomic E-state index is 0.531. The van der Waals surface area contributed by atoms with Gasteiger partial charge in [-0.15, -0.1) is 0 Å². The number of azide groups is 1. The van der Waals surface area contributed by atoms with Crippen molar-refractivity contribution in [3.63, 3.8) is 0 Å². The van der Waals surface area contributed by atoms with Gasteiger partial charge in [-0.3, -0.25) is 4.90 Å². The topological polar surface area (TPSA) is 55.2 Å². The van der Waals surface area contributed by atoms with Crippen molar-refractivity contribution in [1.29, 1.82) is 0 Å². The normalized spacial score (nSPS) is 16.2. The molecule has 0 atom stereocenters. The summed E-state index contributed by atoms with van der Waals surface area (Å²) in [5.41, 5.74) is 9.34. The zero-order valence-corrected chi connectivity index (χ0v) is 12.0. The molecule has 0 aromatic heterocycles. The number of piperazine rings is 1. The molecule has 0 radical (unpaired) electrons. The summed E-state index contributed by atoms with van der Waals surface area (Å²) < 4.78 is 0. The first-order valence-electron chi connectivity index (χ1n) is 6.14. The van der Waals surface area contributed by atoms with E-state index in [-0.39, 0.29) is 0 Å². The van der Waals surface area contributed by atoms with Crippen LogP contribution < -0.4 is 4.90 Å². The molecule has 2 rings (SSSR count). The number of anilines is 1. The van der Waals surface area contributed by atoms with Crippen molar-refractivity contribution in [2.45, 2.75) is 0 Å². The Hall–Kier alpha value is -1.13. The molecule has 0 saturated carbocycles. The Labute approximate surface area is 122 Å². The second kappa shape index (κ2) is 6.87. The fourth-order valence-electron chi connectivity index (χ4n) is 2.14. The van der Waals surface area contributed by atoms with Gasteiger partial charge in [0.1, 0.15) is 0 Å². The van der Waals surface area contributed by atoms with E-state index in [4.69, 9.17) is 28.7 Å². The Morgan fingerprint density at radius 3 is 2.53 bits per heavy atom. The van der Waals surface area contributed by atoms with Gasteiger partial charge in [-0.2, -0.15) is 0 Å². The van der Waals surface area contributed by atoms with Crippen LogP contribution in [0.5, 0.6) is 0 Å². The summed E-state index contributed by atoms with van der Waals surface area (Å²) >= 11 is 11.9. The van der Waals surface area contributed by atoms with Crippen molar-refractivity contribution in [3.8, 4) is 0 Å². The zero-order chi connectivity index (χ0) is 13.7. The molecule has 0 amide bonds. The highest BCUT2D eigenvalue weighted by molar-refractivity contribution is 6.42. The Morgan fingerprint density at radius 2 is 1.89 bits per heavy atom. The minimum Gasteiger partial charge on any atom is -0.369 e. The summed E-state index contributed by atoms with van der Waals surface area (Å²) in [4.78, 5) is 7.34. The van der Waals surface area contributed by atoms with Crippen molar-refractivity contribution < 1.29 is 0 Å². The first kappa shape index (κ1) is 14.3. The van der Waals surface area contributed by atoms with E-state index in [0.29, 0.717) is 16.6 Å². The second-order valence-electron chi connectivity index (χ2n) is 4.38. The van der Waals surface area contributed by atoms with E-state index in [1.54, 1.807) is 0 Å². The van der Waals surface area contributed by atoms with Crippen molar-refractivity contribution in [1.82, 2.24) is 4.90 Å². The van der Waals surface area contributed by atoms with E-state index < -0.39 is 0 Å². The smallest absolute Gasteiger partial charge is 0.0612 e. The number of halogens is 2. The molecule has 1 aromatic carbocycles. The van der Waals surface area contributed by atoms with Gasteiger partial charge < -0.3 is 4.90 Å². The maximum absolute atomic E-state index is 8.24. The molecular weight excluding hydrogens is 285 g/mol. The largest absolute Gasteiger partial charge is 0.369 e. The van der Waals surface area contributed by atoms with Gasteiger partial charge in [0.15, 0.2) is 0 Å². The van der Waals surface area contributed by atoms with Crippen LogP contribution in [0.15, 0.2) is 23.3 Å². The molecule has 1 fully saturated rings. The molecule has 102 valence electrons. The quantitative estimate of drug-likeness (QED) is 0.486. The monoisotopic (exact) mass is 299 g/mol. The third-order valence-electron chi connectivity index (χ3n) is 3.22. The second-order valence-corrected chi connectivity index (χ2v) is 5.20. The van der Waals surface area contributed by atoms with Gasteiger partial charge in [0.05, 0.1) is 10.0 Å². The van der Waals surface area contributed by atoms with Gasteiger partial charge in [-0.05, 0) is 23.7 Å². The fourth-order valence-corrected chi connectivity index (χ4v) is 2.43. The van der Waals surface area contributed by atoms with Gasteiger partial charge in [0.2, 0.25) is 0 Å². The number of hydrogen-bond donors (Lipinski definition) is 0. The van der Waals surface area contributed by atoms with Crippen LogP contribution in [0.25, 0.3) is 10.4 Å². The summed E-state index contributed by atoms with van der Waals surface area (Å²) in [6.45, 7) is 5.15. The molecule has 1 aliphatic heterocycles. The van der Waals surface area contributed by atoms with Crippen molar-refractivity contribution in [2.75, 3.05) is 44.2 Å². The summed E-state index contributed by atoms with van der Waals surface area (Å²) in [6.07, 6.45) is 0. The molecule has 7 heteroatoms. The molecule has 0 aliphatic carbocycles. The summed E-state index contributed by atoms with van der Waals surface area (Å²) in [6, 6.07) is 5.72. The third kappa shape index (κ3) is 3.91. The molecule has 0 unspecified atom stereocenters. The van der Waals surface area contributed by atoms with Gasteiger partial charge in [0.25, 0.3) is 0 Å². The highest BCUT2D eigenvalue weighted by Gasteiger charge is 2.17. The van der Waals surface area contributed by atoms with Crippen LogP contribution in [0.1, 0.15) is 0 Å². The molecular formula is C12H15Cl2N5. The predicted molar refractivity (Wildman–Crippen MR) is 79.1 cm³/mol. The molecule has 1 heterocycles. The van der Waals surface area contributed by atoms with Crippen LogP contribution in [0.4, 0.5) is 5.69 Å². The average molecular weight is 300 g/mol. The van der Waals surface area contributed by atoms with Crippen LogP contribution >= 0.6 is 23.2 Å². The maximum atomic E-state index is 8.24. The molecule has 1 saturated heterocycles. The Morgan fingerprint density at radius 1 is 1.16 bits per heavy atom. The number of nitrogens with zero attached hydrogens (tertiary/aromatic N) is 5. The zero-order valence-electron chi connectivity index (χ0n) is 10.5. The molecule has 0 bridgehead atoms. The lowest BCUT2D eigenvalue weighted by atomic mass is 10.2. The van der Waals surface area contributed by atoms with E-state index in [2.05, 4.69) is 19.8 Å². The lowest BCUT2D eigenvalue weighted by Crippen LogP contribution is -2.47. The SMILES string of the molecule is [N-]=[N+]=NCCN1CCN(c2ccc(Cl)c(Cl)c2)CC1. The van der Waals surface area contributed by atoms with Crippen LogP contribution in [0.2, 0.25) is 10.0 Å². The standard InChI is InChI=1S/C12H15Cl2N5/c13-11-2-1-10(9-12(11)14)19-7-5-18(6-8-19)4-3-16-17-15/h1-2,9H,3-8H2. The molecule has 0 spiro atoms. The third-order valence-corrected chi connectivity index (χ3v) is 3.96. The maximum Gasteiger partial charge on any atom is 0.0612 e. The molecule has 1 aliphatic rings. The predicted octanol–water partition coefficient (Wildman–Crippen LogP) is 3.43. The lowest BCUT2D eigenvalue weighted by molar-refractivity contribution is 0.265. The van der Waals surface area contributed by atoms with Crippen LogP contribution in [0, 0.1) is 0 Å². The number of hydrogen-bond acceptors (Lipinski definition) is 3. The molecule has 5 nitrogen and oxygen atoms in total. The van der Waals surface area contributed by atoms with Gasteiger partial charge in [0, 0.05) is 49.9 Å². The van der Waals surface area contributed by atoms with E-state index in [1.807, 2.05) is 18.2 Å². The molecule has 0 N–H and O–H groups in total. The first-order chi connectivity index (χ1) is 9.20. The Balaban J connectivity index is 1.88. The summed E-state index contributed by atoms with van der Waals surface area (Å²) in [5.74, 6) is 0. The summed E-state index contributed by atoms with van der Waals surface area (Å²) in [5, 5.41) is 4.73. The number of rotatable bonds is 4. The van der Waals surface area contributed by atoms with Gasteiger partial charge in [-0.1, -0.05) is 28.3 Å². The van der Waals surface area contributed by atoms with E-state index in [1.165, 1.54) is 0 Å². The van der Waals surface area contributed by atoms with Gasteiger partial charge in [-0.25, -0.2) is 0 Å². The highest BCUT2D eigenvalue weighted by atomic mass is 35.5. The fraction of sp³-hybridized carbons (Fsp3) is 0.500. The van der Waals surface area contributed by atoms with Crippen molar-refractivity contribution in [3.05, 3.63) is 38.7 Å². The number of benzene rings is 1. The van der Waals surface area contributed by atoms with Crippen molar-refractivity contribution in [2.24, 2.45) is 5.11 Å². The van der Waals surface area contributed by atoms with Crippen LogP contribution in [0.3, 0.4) is 0 Å². The van der Waals surface area contributed by atoms with Crippen molar-refractivity contribution >= 4 is 28.9 Å². The average Bonchev–Trinajstić information content (AvgIpc) is 2.43. The van der Waals surface area contributed by atoms with E-state index >= 15 is 0 Å². The Kier molecular flexibility index (Phi) is 5.16. The molecule has 19 heavy (non-hydrogen) atoms. The van der Waals surface area contributed by atoms with Crippen LogP contribution in [-0.2, 0) is 0 Å². The molecule has 1 aromatic rings. The van der Waals surface area contributed by atoms with Crippen LogP contribution in [-0.4, -0.2) is 44.2 Å². The summed E-state index contributed by atoms with van der Waals surface area (Å²) in [7, 11) is 0.